The van der Waals surface area contributed by atoms with Crippen LogP contribution in [0.2, 0.25) is 0 Å². The Hall–Kier alpha value is -0.0800. The van der Waals surface area contributed by atoms with Gasteiger partial charge in [0.2, 0.25) is 0 Å². The molecule has 10 heavy (non-hydrogen) atoms. The highest BCUT2D eigenvalue weighted by Crippen LogP contribution is 2.02. The van der Waals surface area contributed by atoms with Crippen LogP contribution < -0.4 is 0 Å². The fourth-order valence-electron chi connectivity index (χ4n) is 1.12. The van der Waals surface area contributed by atoms with Gasteiger partial charge in [0, 0.05) is 6.54 Å². The van der Waals surface area contributed by atoms with Crippen molar-refractivity contribution in [2.45, 2.75) is 32.8 Å². The summed E-state index contributed by atoms with van der Waals surface area (Å²) in [6.07, 6.45) is 1.15. The van der Waals surface area contributed by atoms with E-state index in [1.54, 1.807) is 0 Å². The molecule has 0 aliphatic carbocycles. The van der Waals surface area contributed by atoms with Gasteiger partial charge in [0.1, 0.15) is 0 Å². The third-order valence-electron chi connectivity index (χ3n) is 1.26. The van der Waals surface area contributed by atoms with Gasteiger partial charge in [-0.25, -0.2) is 0 Å². The van der Waals surface area contributed by atoms with Crippen molar-refractivity contribution in [3.8, 4) is 0 Å². The summed E-state index contributed by atoms with van der Waals surface area (Å²) in [5.41, 5.74) is -0.552. The highest BCUT2D eigenvalue weighted by Gasteiger charge is 2.14. The van der Waals surface area contributed by atoms with E-state index in [2.05, 4.69) is 11.8 Å². The van der Waals surface area contributed by atoms with Gasteiger partial charge in [0.05, 0.1) is 5.60 Å². The minimum Gasteiger partial charge on any atom is -0.389 e. The highest BCUT2D eigenvalue weighted by molar-refractivity contribution is 4.69. The molecule has 0 rings (SSSR count). The fraction of sp³-hybridized carbons (Fsp3) is 1.00. The van der Waals surface area contributed by atoms with E-state index in [1.807, 2.05) is 20.9 Å². The minimum absolute atomic E-state index is 0.552. The van der Waals surface area contributed by atoms with E-state index in [-0.39, 0.29) is 0 Å². The van der Waals surface area contributed by atoms with Crippen LogP contribution in [0, 0.1) is 0 Å². The van der Waals surface area contributed by atoms with Gasteiger partial charge in [-0.2, -0.15) is 0 Å². The average molecular weight is 145 g/mol. The number of nitrogens with zero attached hydrogens (tertiary/aromatic N) is 1. The van der Waals surface area contributed by atoms with Crippen LogP contribution >= 0.6 is 0 Å². The van der Waals surface area contributed by atoms with Crippen molar-refractivity contribution in [3.05, 3.63) is 0 Å². The molecule has 0 atom stereocenters. The van der Waals surface area contributed by atoms with Crippen LogP contribution in [0.5, 0.6) is 0 Å². The number of likely N-dealkylation sites (N-methyl/N-ethyl adjacent to an activating group) is 1. The predicted octanol–water partition coefficient (Wildman–Crippen LogP) is 1.10. The molecule has 0 aliphatic rings. The highest BCUT2D eigenvalue weighted by atomic mass is 16.3. The molecule has 0 heterocycles. The van der Waals surface area contributed by atoms with E-state index < -0.39 is 5.60 Å². The number of hydrogen-bond acceptors (Lipinski definition) is 2. The molecule has 0 aliphatic heterocycles. The Bertz CT molecular complexity index is 85.7. The maximum absolute atomic E-state index is 9.37. The lowest BCUT2D eigenvalue weighted by Gasteiger charge is -2.24. The molecule has 0 saturated carbocycles. The molecule has 2 heteroatoms. The molecule has 0 aromatic carbocycles. The Morgan fingerprint density at radius 2 is 1.90 bits per heavy atom. The van der Waals surface area contributed by atoms with E-state index in [9.17, 15) is 5.11 Å². The minimum atomic E-state index is -0.552. The molecule has 0 radical (unpaired) electrons. The Labute approximate surface area is 63.8 Å². The van der Waals surface area contributed by atoms with Crippen molar-refractivity contribution >= 4 is 0 Å². The fourth-order valence-corrected chi connectivity index (χ4v) is 1.12. The van der Waals surface area contributed by atoms with Crippen molar-refractivity contribution in [3.63, 3.8) is 0 Å². The predicted molar refractivity (Wildman–Crippen MR) is 44.1 cm³/mol. The summed E-state index contributed by atoms with van der Waals surface area (Å²) in [5, 5.41) is 9.37. The van der Waals surface area contributed by atoms with E-state index in [0.29, 0.717) is 0 Å². The van der Waals surface area contributed by atoms with Crippen LogP contribution in [0.4, 0.5) is 0 Å². The zero-order chi connectivity index (χ0) is 8.20. The van der Waals surface area contributed by atoms with Gasteiger partial charge in [-0.05, 0) is 33.9 Å². The third-order valence-corrected chi connectivity index (χ3v) is 1.26. The van der Waals surface area contributed by atoms with Crippen molar-refractivity contribution in [1.82, 2.24) is 4.90 Å². The summed E-state index contributed by atoms with van der Waals surface area (Å²) >= 11 is 0. The van der Waals surface area contributed by atoms with Crippen LogP contribution in [0.25, 0.3) is 0 Å². The maximum atomic E-state index is 9.37. The molecule has 0 spiro atoms. The summed E-state index contributed by atoms with van der Waals surface area (Å²) in [5.74, 6) is 0. The zero-order valence-electron chi connectivity index (χ0n) is 7.52. The SMILES string of the molecule is CCCN(C)CC(C)(C)O. The van der Waals surface area contributed by atoms with Crippen LogP contribution in [0.15, 0.2) is 0 Å². The molecule has 2 nitrogen and oxygen atoms in total. The molecule has 0 bridgehead atoms. The molecule has 1 N–H and O–H groups in total. The molecular formula is C8H19NO. The van der Waals surface area contributed by atoms with E-state index in [4.69, 9.17) is 0 Å². The second kappa shape index (κ2) is 3.94. The summed E-state index contributed by atoms with van der Waals surface area (Å²) in [7, 11) is 2.03. The van der Waals surface area contributed by atoms with Gasteiger partial charge in [0.25, 0.3) is 0 Å². The summed E-state index contributed by atoms with van der Waals surface area (Å²) < 4.78 is 0. The standard InChI is InChI=1S/C8H19NO/c1-5-6-9(4)7-8(2,3)10/h10H,5-7H2,1-4H3. The second-order valence-electron chi connectivity index (χ2n) is 3.55. The van der Waals surface area contributed by atoms with Crippen molar-refractivity contribution in [2.75, 3.05) is 20.1 Å². The quantitative estimate of drug-likeness (QED) is 0.640. The molecule has 0 aromatic rings. The molecule has 0 saturated heterocycles. The number of hydrogen-bond donors (Lipinski definition) is 1. The first kappa shape index (κ1) is 9.92. The summed E-state index contributed by atoms with van der Waals surface area (Å²) in [6, 6.07) is 0. The monoisotopic (exact) mass is 145 g/mol. The van der Waals surface area contributed by atoms with Gasteiger partial charge in [-0.3, -0.25) is 0 Å². The lowest BCUT2D eigenvalue weighted by atomic mass is 10.1. The van der Waals surface area contributed by atoms with Gasteiger partial charge in [-0.15, -0.1) is 0 Å². The maximum Gasteiger partial charge on any atom is 0.0718 e. The molecule has 0 amide bonds. The summed E-state index contributed by atoms with van der Waals surface area (Å²) in [6.45, 7) is 7.62. The smallest absolute Gasteiger partial charge is 0.0718 e. The van der Waals surface area contributed by atoms with E-state index >= 15 is 0 Å². The van der Waals surface area contributed by atoms with Gasteiger partial charge < -0.3 is 10.0 Å². The Morgan fingerprint density at radius 3 is 2.20 bits per heavy atom. The van der Waals surface area contributed by atoms with Crippen molar-refractivity contribution in [2.24, 2.45) is 0 Å². The summed E-state index contributed by atoms with van der Waals surface area (Å²) in [4.78, 5) is 2.14. The van der Waals surface area contributed by atoms with Crippen LogP contribution in [0.3, 0.4) is 0 Å². The van der Waals surface area contributed by atoms with Crippen molar-refractivity contribution in [1.29, 1.82) is 0 Å². The Balaban J connectivity index is 3.47. The average Bonchev–Trinajstić information content (AvgIpc) is 1.59. The van der Waals surface area contributed by atoms with Crippen molar-refractivity contribution < 1.29 is 5.11 Å². The second-order valence-corrected chi connectivity index (χ2v) is 3.55. The lowest BCUT2D eigenvalue weighted by Crippen LogP contribution is -2.36. The molecule has 0 unspecified atom stereocenters. The Morgan fingerprint density at radius 1 is 1.40 bits per heavy atom. The van der Waals surface area contributed by atoms with Crippen LogP contribution in [-0.2, 0) is 0 Å². The third kappa shape index (κ3) is 6.05. The number of rotatable bonds is 4. The largest absolute Gasteiger partial charge is 0.389 e. The first-order chi connectivity index (χ1) is 4.45. The normalized spacial score (nSPS) is 12.6. The Kier molecular flexibility index (Phi) is 3.91. The first-order valence-electron chi connectivity index (χ1n) is 3.86. The molecule has 0 aromatic heterocycles. The first-order valence-corrected chi connectivity index (χ1v) is 3.86. The van der Waals surface area contributed by atoms with Gasteiger partial charge >= 0.3 is 0 Å². The van der Waals surface area contributed by atoms with Crippen LogP contribution in [0.1, 0.15) is 27.2 Å². The van der Waals surface area contributed by atoms with E-state index in [1.165, 1.54) is 0 Å². The van der Waals surface area contributed by atoms with Crippen LogP contribution in [-0.4, -0.2) is 35.7 Å². The van der Waals surface area contributed by atoms with Gasteiger partial charge in [-0.1, -0.05) is 6.92 Å². The molecule has 62 valence electrons. The lowest BCUT2D eigenvalue weighted by molar-refractivity contribution is 0.0447. The number of aliphatic hydroxyl groups is 1. The van der Waals surface area contributed by atoms with Gasteiger partial charge in [0.15, 0.2) is 0 Å². The molecular weight excluding hydrogens is 126 g/mol. The van der Waals surface area contributed by atoms with E-state index in [0.717, 1.165) is 19.5 Å². The zero-order valence-corrected chi connectivity index (χ0v) is 7.52. The molecule has 0 fully saturated rings. The topological polar surface area (TPSA) is 23.5 Å².